The molecular weight excluding hydrogens is 311 g/mol. The molecule has 1 aromatic carbocycles. The molecule has 2 rings (SSSR count). The first kappa shape index (κ1) is 16.3. The molecule has 1 aliphatic carbocycles. The van der Waals surface area contributed by atoms with Gasteiger partial charge in [-0.15, -0.1) is 0 Å². The summed E-state index contributed by atoms with van der Waals surface area (Å²) in [6, 6.07) is 3.48. The van der Waals surface area contributed by atoms with Crippen molar-refractivity contribution in [3.8, 4) is 0 Å². The van der Waals surface area contributed by atoms with E-state index < -0.39 is 15.8 Å². The third-order valence-electron chi connectivity index (χ3n) is 3.80. The highest BCUT2D eigenvalue weighted by molar-refractivity contribution is 7.89. The maximum Gasteiger partial charge on any atom is 0.240 e. The van der Waals surface area contributed by atoms with Crippen LogP contribution >= 0.6 is 12.2 Å². The highest BCUT2D eigenvalue weighted by atomic mass is 32.2. The molecule has 3 N–H and O–H groups in total. The van der Waals surface area contributed by atoms with Gasteiger partial charge in [0.05, 0.1) is 4.90 Å². The van der Waals surface area contributed by atoms with Crippen LogP contribution in [0.1, 0.15) is 37.7 Å². The molecule has 0 aliphatic heterocycles. The lowest BCUT2D eigenvalue weighted by Crippen LogP contribution is -2.30. The Morgan fingerprint density at radius 3 is 2.62 bits per heavy atom. The van der Waals surface area contributed by atoms with Crippen molar-refractivity contribution in [3.05, 3.63) is 29.6 Å². The first-order valence-corrected chi connectivity index (χ1v) is 8.88. The monoisotopic (exact) mass is 330 g/mol. The van der Waals surface area contributed by atoms with Crippen LogP contribution in [0.2, 0.25) is 0 Å². The number of hydrogen-bond acceptors (Lipinski definition) is 3. The number of hydrogen-bond donors (Lipinski definition) is 2. The topological polar surface area (TPSA) is 72.2 Å². The van der Waals surface area contributed by atoms with Gasteiger partial charge in [-0.1, -0.05) is 31.5 Å². The fourth-order valence-electron chi connectivity index (χ4n) is 2.56. The van der Waals surface area contributed by atoms with Gasteiger partial charge in [0.15, 0.2) is 0 Å². The fraction of sp³-hybridized carbons (Fsp3) is 0.500. The fourth-order valence-corrected chi connectivity index (χ4v) is 3.86. The summed E-state index contributed by atoms with van der Waals surface area (Å²) < 4.78 is 40.6. The molecule has 7 heteroatoms. The normalized spacial score (nSPS) is 16.8. The van der Waals surface area contributed by atoms with E-state index in [0.717, 1.165) is 31.7 Å². The Balaban J connectivity index is 2.11. The molecule has 1 saturated carbocycles. The van der Waals surface area contributed by atoms with Crippen LogP contribution in [0.4, 0.5) is 4.39 Å². The van der Waals surface area contributed by atoms with Gasteiger partial charge in [0, 0.05) is 12.1 Å². The van der Waals surface area contributed by atoms with Gasteiger partial charge in [0.2, 0.25) is 10.0 Å². The molecule has 0 aromatic heterocycles. The average molecular weight is 330 g/mol. The van der Waals surface area contributed by atoms with Crippen LogP contribution in [0, 0.1) is 11.7 Å². The van der Waals surface area contributed by atoms with Crippen molar-refractivity contribution in [2.24, 2.45) is 11.7 Å². The highest BCUT2D eigenvalue weighted by Crippen LogP contribution is 2.23. The first-order valence-electron chi connectivity index (χ1n) is 6.99. The lowest BCUT2D eigenvalue weighted by Gasteiger charge is -2.21. The molecule has 4 nitrogen and oxygen atoms in total. The quantitative estimate of drug-likeness (QED) is 0.813. The Morgan fingerprint density at radius 2 is 2.00 bits per heavy atom. The molecule has 1 aromatic rings. The van der Waals surface area contributed by atoms with Gasteiger partial charge in [-0.3, -0.25) is 0 Å². The summed E-state index contributed by atoms with van der Waals surface area (Å²) in [4.78, 5) is -0.167. The number of thiocarbonyl (C=S) groups is 1. The lowest BCUT2D eigenvalue weighted by atomic mass is 9.90. The summed E-state index contributed by atoms with van der Waals surface area (Å²) in [6.45, 7) is 0.419. The van der Waals surface area contributed by atoms with Crippen LogP contribution in [0.25, 0.3) is 0 Å². The Kier molecular flexibility index (Phi) is 5.29. The van der Waals surface area contributed by atoms with Crippen molar-refractivity contribution >= 4 is 27.2 Å². The summed E-state index contributed by atoms with van der Waals surface area (Å²) in [5.74, 6) is -0.238. The number of nitrogens with two attached hydrogens (primary N) is 1. The zero-order valence-electron chi connectivity index (χ0n) is 11.6. The standard InChI is InChI=1S/C14H19FN2O2S2/c15-13-7-6-11(8-12(13)14(16)20)21(18,19)17-9-10-4-2-1-3-5-10/h6-8,10,17H,1-5,9H2,(H2,16,20). The van der Waals surface area contributed by atoms with E-state index in [2.05, 4.69) is 4.72 Å². The summed E-state index contributed by atoms with van der Waals surface area (Å²) in [6.07, 6.45) is 5.61. The number of benzene rings is 1. The van der Waals surface area contributed by atoms with Crippen LogP contribution < -0.4 is 10.5 Å². The first-order chi connectivity index (χ1) is 9.90. The molecule has 21 heavy (non-hydrogen) atoms. The molecule has 0 unspecified atom stereocenters. The van der Waals surface area contributed by atoms with Crippen molar-refractivity contribution in [1.29, 1.82) is 0 Å². The second kappa shape index (κ2) is 6.81. The van der Waals surface area contributed by atoms with E-state index in [1.54, 1.807) is 0 Å². The lowest BCUT2D eigenvalue weighted by molar-refractivity contribution is 0.357. The van der Waals surface area contributed by atoms with Crippen LogP contribution in [-0.2, 0) is 10.0 Å². The maximum atomic E-state index is 13.5. The summed E-state index contributed by atoms with van der Waals surface area (Å²) >= 11 is 4.72. The van der Waals surface area contributed by atoms with Crippen LogP contribution in [0.15, 0.2) is 23.1 Å². The Bertz CT molecular complexity index is 626. The van der Waals surface area contributed by atoms with Gasteiger partial charge in [-0.2, -0.15) is 0 Å². The van der Waals surface area contributed by atoms with Crippen LogP contribution in [-0.4, -0.2) is 20.0 Å². The van der Waals surface area contributed by atoms with E-state index in [1.165, 1.54) is 18.6 Å². The smallest absolute Gasteiger partial charge is 0.240 e. The zero-order chi connectivity index (χ0) is 15.5. The van der Waals surface area contributed by atoms with Crippen LogP contribution in [0.5, 0.6) is 0 Å². The molecule has 1 aliphatic rings. The highest BCUT2D eigenvalue weighted by Gasteiger charge is 2.20. The molecule has 0 atom stereocenters. The number of sulfonamides is 1. The molecule has 116 valence electrons. The summed E-state index contributed by atoms with van der Waals surface area (Å²) in [5, 5.41) is 0. The predicted molar refractivity (Wildman–Crippen MR) is 84.1 cm³/mol. The molecule has 0 radical (unpaired) electrons. The molecule has 0 amide bonds. The Hall–Kier alpha value is -1.05. The number of rotatable bonds is 5. The van der Waals surface area contributed by atoms with Crippen LogP contribution in [0.3, 0.4) is 0 Å². The minimum absolute atomic E-state index is 0.0116. The molecule has 0 spiro atoms. The van der Waals surface area contributed by atoms with Gasteiger partial charge in [-0.05, 0) is 37.0 Å². The molecule has 0 saturated heterocycles. The van der Waals surface area contributed by atoms with E-state index in [1.807, 2.05) is 0 Å². The van der Waals surface area contributed by atoms with Crippen molar-refractivity contribution in [1.82, 2.24) is 4.72 Å². The van der Waals surface area contributed by atoms with Crippen molar-refractivity contribution < 1.29 is 12.8 Å². The summed E-state index contributed by atoms with van der Waals surface area (Å²) in [7, 11) is -3.66. The third kappa shape index (κ3) is 4.21. The van der Waals surface area contributed by atoms with Gasteiger partial charge >= 0.3 is 0 Å². The van der Waals surface area contributed by atoms with Crippen molar-refractivity contribution in [3.63, 3.8) is 0 Å². The minimum atomic E-state index is -3.66. The van der Waals surface area contributed by atoms with E-state index in [4.69, 9.17) is 18.0 Å². The molecule has 0 bridgehead atoms. The van der Waals surface area contributed by atoms with E-state index in [0.29, 0.717) is 12.5 Å². The van der Waals surface area contributed by atoms with Crippen molar-refractivity contribution in [2.45, 2.75) is 37.0 Å². The minimum Gasteiger partial charge on any atom is -0.389 e. The van der Waals surface area contributed by atoms with E-state index in [9.17, 15) is 12.8 Å². The van der Waals surface area contributed by atoms with Gasteiger partial charge < -0.3 is 5.73 Å². The molecule has 0 heterocycles. The Labute approximate surface area is 130 Å². The third-order valence-corrected chi connectivity index (χ3v) is 5.44. The van der Waals surface area contributed by atoms with E-state index in [-0.39, 0.29) is 15.4 Å². The largest absolute Gasteiger partial charge is 0.389 e. The SMILES string of the molecule is NC(=S)c1cc(S(=O)(=O)NCC2CCCCC2)ccc1F. The predicted octanol–water partition coefficient (Wildman–Crippen LogP) is 2.32. The van der Waals surface area contributed by atoms with E-state index >= 15 is 0 Å². The second-order valence-electron chi connectivity index (χ2n) is 5.36. The number of halogens is 1. The summed E-state index contributed by atoms with van der Waals surface area (Å²) in [5.41, 5.74) is 5.34. The average Bonchev–Trinajstić information content (AvgIpc) is 2.46. The number of nitrogens with one attached hydrogen (secondary N) is 1. The second-order valence-corrected chi connectivity index (χ2v) is 7.57. The van der Waals surface area contributed by atoms with Crippen molar-refractivity contribution in [2.75, 3.05) is 6.54 Å². The van der Waals surface area contributed by atoms with Gasteiger partial charge in [0.1, 0.15) is 10.8 Å². The molecule has 1 fully saturated rings. The maximum absolute atomic E-state index is 13.5. The zero-order valence-corrected chi connectivity index (χ0v) is 13.3. The Morgan fingerprint density at radius 1 is 1.33 bits per heavy atom. The molecular formula is C14H19FN2O2S2. The van der Waals surface area contributed by atoms with Gasteiger partial charge in [0.25, 0.3) is 0 Å². The van der Waals surface area contributed by atoms with Gasteiger partial charge in [-0.25, -0.2) is 17.5 Å².